The van der Waals surface area contributed by atoms with Gasteiger partial charge >= 0.3 is 0 Å². The largest absolute Gasteiger partial charge is 0.486 e. The van der Waals surface area contributed by atoms with E-state index in [1.807, 2.05) is 16.8 Å². The van der Waals surface area contributed by atoms with Crippen LogP contribution in [0.1, 0.15) is 30.9 Å². The first-order valence-electron chi connectivity index (χ1n) is 6.46. The van der Waals surface area contributed by atoms with Crippen LogP contribution in [0.15, 0.2) is 24.4 Å². The lowest BCUT2D eigenvalue weighted by atomic mass is 10.3. The van der Waals surface area contributed by atoms with Crippen LogP contribution in [0.5, 0.6) is 5.75 Å². The van der Waals surface area contributed by atoms with Gasteiger partial charge in [0.1, 0.15) is 12.4 Å². The van der Waals surface area contributed by atoms with Gasteiger partial charge in [0, 0.05) is 6.54 Å². The predicted octanol–water partition coefficient (Wildman–Crippen LogP) is 3.18. The van der Waals surface area contributed by atoms with Crippen molar-refractivity contribution in [1.82, 2.24) is 14.8 Å². The predicted molar refractivity (Wildman–Crippen MR) is 75.4 cm³/mol. The smallest absolute Gasteiger partial charge is 0.138 e. The molecule has 0 fully saturated rings. The molecule has 0 saturated heterocycles. The van der Waals surface area contributed by atoms with Crippen molar-refractivity contribution in [3.8, 4) is 5.75 Å². The van der Waals surface area contributed by atoms with Gasteiger partial charge in [-0.05, 0) is 31.5 Å². The van der Waals surface area contributed by atoms with Crippen molar-refractivity contribution in [2.24, 2.45) is 0 Å². The number of aromatic nitrogens is 3. The van der Waals surface area contributed by atoms with Crippen molar-refractivity contribution >= 4 is 11.6 Å². The third-order valence-corrected chi connectivity index (χ3v) is 3.17. The molecular formula is C14H18ClN3O. The van der Waals surface area contributed by atoms with Crippen LogP contribution >= 0.6 is 11.6 Å². The Morgan fingerprint density at radius 2 is 2.11 bits per heavy atom. The molecule has 0 bridgehead atoms. The average molecular weight is 280 g/mol. The summed E-state index contributed by atoms with van der Waals surface area (Å²) in [5, 5.41) is 4.49. The van der Waals surface area contributed by atoms with Gasteiger partial charge in [0.25, 0.3) is 0 Å². The second-order valence-corrected chi connectivity index (χ2v) is 4.47. The van der Waals surface area contributed by atoms with Crippen molar-refractivity contribution in [3.63, 3.8) is 0 Å². The SMILES string of the molecule is CCc1cc(COc2ccc(CCl)nc2)n(CC)n1. The third-order valence-electron chi connectivity index (χ3n) is 2.90. The Kier molecular flexibility index (Phi) is 4.80. The zero-order chi connectivity index (χ0) is 13.7. The summed E-state index contributed by atoms with van der Waals surface area (Å²) in [6.45, 7) is 5.53. The first-order chi connectivity index (χ1) is 9.26. The van der Waals surface area contributed by atoms with Crippen molar-refractivity contribution in [2.45, 2.75) is 39.3 Å². The lowest BCUT2D eigenvalue weighted by Crippen LogP contribution is -2.06. The molecule has 0 aliphatic heterocycles. The van der Waals surface area contributed by atoms with E-state index in [4.69, 9.17) is 16.3 Å². The molecule has 2 rings (SSSR count). The summed E-state index contributed by atoms with van der Waals surface area (Å²) in [4.78, 5) is 4.19. The maximum atomic E-state index is 5.73. The van der Waals surface area contributed by atoms with Crippen LogP contribution in [-0.2, 0) is 25.5 Å². The van der Waals surface area contributed by atoms with E-state index in [0.29, 0.717) is 12.5 Å². The number of hydrogen-bond acceptors (Lipinski definition) is 3. The van der Waals surface area contributed by atoms with E-state index in [2.05, 4.69) is 30.0 Å². The summed E-state index contributed by atoms with van der Waals surface area (Å²) in [6.07, 6.45) is 2.64. The molecule has 2 aromatic heterocycles. The van der Waals surface area contributed by atoms with Crippen molar-refractivity contribution < 1.29 is 4.74 Å². The van der Waals surface area contributed by atoms with Crippen LogP contribution < -0.4 is 4.74 Å². The van der Waals surface area contributed by atoms with E-state index in [-0.39, 0.29) is 0 Å². The molecule has 2 heterocycles. The number of aryl methyl sites for hydroxylation is 2. The molecule has 0 aliphatic carbocycles. The van der Waals surface area contributed by atoms with E-state index in [0.717, 1.165) is 35.8 Å². The highest BCUT2D eigenvalue weighted by Gasteiger charge is 2.06. The summed E-state index contributed by atoms with van der Waals surface area (Å²) < 4.78 is 7.70. The summed E-state index contributed by atoms with van der Waals surface area (Å²) >= 11 is 5.70. The topological polar surface area (TPSA) is 39.9 Å². The van der Waals surface area contributed by atoms with Gasteiger partial charge < -0.3 is 4.74 Å². The molecule has 0 N–H and O–H groups in total. The van der Waals surface area contributed by atoms with Crippen LogP contribution in [0.3, 0.4) is 0 Å². The zero-order valence-corrected chi connectivity index (χ0v) is 12.0. The molecule has 5 heteroatoms. The molecule has 2 aromatic rings. The van der Waals surface area contributed by atoms with E-state index in [9.17, 15) is 0 Å². The minimum Gasteiger partial charge on any atom is -0.486 e. The van der Waals surface area contributed by atoms with Gasteiger partial charge in [0.05, 0.1) is 29.2 Å². The van der Waals surface area contributed by atoms with Crippen molar-refractivity contribution in [1.29, 1.82) is 0 Å². The third kappa shape index (κ3) is 3.47. The molecule has 0 spiro atoms. The van der Waals surface area contributed by atoms with E-state index in [1.54, 1.807) is 6.20 Å². The summed E-state index contributed by atoms with van der Waals surface area (Å²) in [6, 6.07) is 5.85. The van der Waals surface area contributed by atoms with Crippen LogP contribution in [-0.4, -0.2) is 14.8 Å². The minimum absolute atomic E-state index is 0.419. The first-order valence-corrected chi connectivity index (χ1v) is 6.99. The van der Waals surface area contributed by atoms with E-state index < -0.39 is 0 Å². The standard InChI is InChI=1S/C14H18ClN3O/c1-3-11-7-13(18(4-2)17-11)10-19-14-6-5-12(8-15)16-9-14/h5-7,9H,3-4,8,10H2,1-2H3. The normalized spacial score (nSPS) is 10.7. The van der Waals surface area contributed by atoms with Crippen LogP contribution in [0, 0.1) is 0 Å². The van der Waals surface area contributed by atoms with Gasteiger partial charge in [-0.3, -0.25) is 9.67 Å². The number of rotatable bonds is 6. The number of ether oxygens (including phenoxy) is 1. The fourth-order valence-electron chi connectivity index (χ4n) is 1.81. The Labute approximate surface area is 118 Å². The summed E-state index contributed by atoms with van der Waals surface area (Å²) in [5.41, 5.74) is 3.03. The molecule has 0 amide bonds. The second-order valence-electron chi connectivity index (χ2n) is 4.20. The summed E-state index contributed by atoms with van der Waals surface area (Å²) in [5.74, 6) is 1.17. The molecule has 0 radical (unpaired) electrons. The zero-order valence-electron chi connectivity index (χ0n) is 11.3. The van der Waals surface area contributed by atoms with E-state index in [1.165, 1.54) is 0 Å². The Hall–Kier alpha value is -1.55. The molecule has 102 valence electrons. The van der Waals surface area contributed by atoms with Gasteiger partial charge in [-0.2, -0.15) is 5.10 Å². The number of hydrogen-bond donors (Lipinski definition) is 0. The Bertz CT molecular complexity index is 522. The maximum absolute atomic E-state index is 5.73. The number of halogens is 1. The van der Waals surface area contributed by atoms with Gasteiger partial charge in [-0.25, -0.2) is 0 Å². The maximum Gasteiger partial charge on any atom is 0.138 e. The number of alkyl halides is 1. The second kappa shape index (κ2) is 6.57. The van der Waals surface area contributed by atoms with Gasteiger partial charge in [0.15, 0.2) is 0 Å². The van der Waals surface area contributed by atoms with Gasteiger partial charge in [-0.15, -0.1) is 11.6 Å². The Morgan fingerprint density at radius 1 is 1.26 bits per heavy atom. The number of nitrogens with zero attached hydrogens (tertiary/aromatic N) is 3. The molecule has 4 nitrogen and oxygen atoms in total. The van der Waals surface area contributed by atoms with E-state index >= 15 is 0 Å². The highest BCUT2D eigenvalue weighted by molar-refractivity contribution is 6.16. The molecule has 0 saturated carbocycles. The highest BCUT2D eigenvalue weighted by atomic mass is 35.5. The molecule has 0 unspecified atom stereocenters. The first kappa shape index (κ1) is 13.9. The Balaban J connectivity index is 2.02. The molecule has 0 aliphatic rings. The lowest BCUT2D eigenvalue weighted by Gasteiger charge is -2.07. The minimum atomic E-state index is 0.419. The fourth-order valence-corrected chi connectivity index (χ4v) is 1.97. The van der Waals surface area contributed by atoms with Crippen molar-refractivity contribution in [2.75, 3.05) is 0 Å². The quantitative estimate of drug-likeness (QED) is 0.763. The van der Waals surface area contributed by atoms with Crippen LogP contribution in [0.2, 0.25) is 0 Å². The van der Waals surface area contributed by atoms with Crippen molar-refractivity contribution in [3.05, 3.63) is 41.5 Å². The lowest BCUT2D eigenvalue weighted by molar-refractivity contribution is 0.291. The summed E-state index contributed by atoms with van der Waals surface area (Å²) in [7, 11) is 0. The molecule has 0 aromatic carbocycles. The molecule has 19 heavy (non-hydrogen) atoms. The number of pyridine rings is 1. The molecule has 0 atom stereocenters. The van der Waals surface area contributed by atoms with Crippen LogP contribution in [0.25, 0.3) is 0 Å². The monoisotopic (exact) mass is 279 g/mol. The average Bonchev–Trinajstić information content (AvgIpc) is 2.88. The van der Waals surface area contributed by atoms with Gasteiger partial charge in [-0.1, -0.05) is 6.92 Å². The fraction of sp³-hybridized carbons (Fsp3) is 0.429. The highest BCUT2D eigenvalue weighted by Crippen LogP contribution is 2.14. The molecular weight excluding hydrogens is 262 g/mol. The van der Waals surface area contributed by atoms with Gasteiger partial charge in [0.2, 0.25) is 0 Å². The Morgan fingerprint density at radius 3 is 2.68 bits per heavy atom. The van der Waals surface area contributed by atoms with Crippen LogP contribution in [0.4, 0.5) is 0 Å².